The van der Waals surface area contributed by atoms with Gasteiger partial charge in [0.1, 0.15) is 5.76 Å². The van der Waals surface area contributed by atoms with Crippen molar-refractivity contribution in [2.45, 2.75) is 19.1 Å². The number of ether oxygens (including phenoxy) is 1. The third kappa shape index (κ3) is 4.24. The Bertz CT molecular complexity index is 666. The Labute approximate surface area is 142 Å². The lowest BCUT2D eigenvalue weighted by Gasteiger charge is -2.32. The molecule has 3 rings (SSSR count). The van der Waals surface area contributed by atoms with E-state index in [0.29, 0.717) is 32.0 Å². The predicted octanol–water partition coefficient (Wildman–Crippen LogP) is 2.42. The van der Waals surface area contributed by atoms with Gasteiger partial charge < -0.3 is 19.0 Å². The van der Waals surface area contributed by atoms with Crippen LogP contribution in [0.25, 0.3) is 0 Å². The summed E-state index contributed by atoms with van der Waals surface area (Å²) in [7, 11) is 3.94. The third-order valence-electron chi connectivity index (χ3n) is 4.08. The van der Waals surface area contributed by atoms with Crippen LogP contribution in [-0.4, -0.2) is 55.6 Å². The maximum absolute atomic E-state index is 12.7. The van der Waals surface area contributed by atoms with Crippen LogP contribution in [0.1, 0.15) is 21.9 Å². The van der Waals surface area contributed by atoms with E-state index >= 15 is 0 Å². The SMILES string of the molecule is CN(C)Cc1ccc(C(=O)N2CCOC(Cc3ccccc3)C2)o1. The number of carbonyl (C=O) groups is 1. The summed E-state index contributed by atoms with van der Waals surface area (Å²) in [6.07, 6.45) is 0.843. The van der Waals surface area contributed by atoms with Crippen molar-refractivity contribution in [1.82, 2.24) is 9.80 Å². The average molecular weight is 328 g/mol. The van der Waals surface area contributed by atoms with Gasteiger partial charge in [-0.15, -0.1) is 0 Å². The molecule has 1 aromatic heterocycles. The smallest absolute Gasteiger partial charge is 0.289 e. The van der Waals surface area contributed by atoms with Gasteiger partial charge in [0.05, 0.1) is 19.3 Å². The van der Waals surface area contributed by atoms with Gasteiger partial charge in [-0.3, -0.25) is 4.79 Å². The van der Waals surface area contributed by atoms with Crippen LogP contribution >= 0.6 is 0 Å². The lowest BCUT2D eigenvalue weighted by atomic mass is 10.1. The minimum Gasteiger partial charge on any atom is -0.455 e. The molecule has 1 atom stereocenters. The van der Waals surface area contributed by atoms with Gasteiger partial charge in [-0.05, 0) is 31.8 Å². The van der Waals surface area contributed by atoms with E-state index in [9.17, 15) is 4.79 Å². The molecule has 1 aliphatic heterocycles. The normalized spacial score (nSPS) is 18.1. The minimum atomic E-state index is -0.0543. The van der Waals surface area contributed by atoms with Crippen LogP contribution in [0.3, 0.4) is 0 Å². The summed E-state index contributed by atoms with van der Waals surface area (Å²) in [6, 6.07) is 13.9. The maximum Gasteiger partial charge on any atom is 0.289 e. The molecule has 1 unspecified atom stereocenters. The predicted molar refractivity (Wildman–Crippen MR) is 91.9 cm³/mol. The Balaban J connectivity index is 1.61. The lowest BCUT2D eigenvalue weighted by Crippen LogP contribution is -2.46. The molecule has 128 valence electrons. The van der Waals surface area contributed by atoms with Gasteiger partial charge in [0, 0.05) is 19.5 Å². The van der Waals surface area contributed by atoms with Crippen LogP contribution in [0.5, 0.6) is 0 Å². The van der Waals surface area contributed by atoms with Crippen molar-refractivity contribution in [2.75, 3.05) is 33.8 Å². The zero-order valence-electron chi connectivity index (χ0n) is 14.3. The topological polar surface area (TPSA) is 45.9 Å². The summed E-state index contributed by atoms with van der Waals surface area (Å²) in [5.74, 6) is 1.16. The fraction of sp³-hybridized carbons (Fsp3) is 0.421. The molecule has 1 saturated heterocycles. The number of rotatable bonds is 5. The Morgan fingerprint density at radius 3 is 2.75 bits per heavy atom. The van der Waals surface area contributed by atoms with E-state index in [2.05, 4.69) is 12.1 Å². The number of nitrogens with zero attached hydrogens (tertiary/aromatic N) is 2. The number of furan rings is 1. The van der Waals surface area contributed by atoms with Gasteiger partial charge in [0.25, 0.3) is 5.91 Å². The van der Waals surface area contributed by atoms with Crippen molar-refractivity contribution in [1.29, 1.82) is 0 Å². The molecule has 5 nitrogen and oxygen atoms in total. The summed E-state index contributed by atoms with van der Waals surface area (Å²) in [5.41, 5.74) is 1.23. The number of hydrogen-bond donors (Lipinski definition) is 0. The van der Waals surface area contributed by atoms with Crippen molar-refractivity contribution >= 4 is 5.91 Å². The van der Waals surface area contributed by atoms with E-state index in [4.69, 9.17) is 9.15 Å². The van der Waals surface area contributed by atoms with Gasteiger partial charge in [0.15, 0.2) is 5.76 Å². The second-order valence-corrected chi connectivity index (χ2v) is 6.44. The highest BCUT2D eigenvalue weighted by molar-refractivity contribution is 5.91. The first-order valence-corrected chi connectivity index (χ1v) is 8.30. The number of amides is 1. The lowest BCUT2D eigenvalue weighted by molar-refractivity contribution is -0.0218. The fourth-order valence-electron chi connectivity index (χ4n) is 2.95. The van der Waals surface area contributed by atoms with E-state index in [-0.39, 0.29) is 12.0 Å². The zero-order chi connectivity index (χ0) is 16.9. The van der Waals surface area contributed by atoms with Gasteiger partial charge in [0.2, 0.25) is 0 Å². The van der Waals surface area contributed by atoms with Crippen LogP contribution in [-0.2, 0) is 17.7 Å². The van der Waals surface area contributed by atoms with Gasteiger partial charge in [-0.1, -0.05) is 30.3 Å². The molecule has 0 radical (unpaired) electrons. The third-order valence-corrected chi connectivity index (χ3v) is 4.08. The fourth-order valence-corrected chi connectivity index (χ4v) is 2.95. The molecular formula is C19H24N2O3. The Morgan fingerprint density at radius 2 is 2.00 bits per heavy atom. The highest BCUT2D eigenvalue weighted by atomic mass is 16.5. The molecular weight excluding hydrogens is 304 g/mol. The van der Waals surface area contributed by atoms with Crippen molar-refractivity contribution in [3.05, 3.63) is 59.5 Å². The molecule has 2 aromatic rings. The van der Waals surface area contributed by atoms with Crippen molar-refractivity contribution in [3.63, 3.8) is 0 Å². The molecule has 0 bridgehead atoms. The molecule has 5 heteroatoms. The van der Waals surface area contributed by atoms with Crippen molar-refractivity contribution in [3.8, 4) is 0 Å². The van der Waals surface area contributed by atoms with E-state index in [0.717, 1.165) is 12.2 Å². The minimum absolute atomic E-state index is 0.0290. The number of benzene rings is 1. The van der Waals surface area contributed by atoms with E-state index in [1.54, 1.807) is 6.07 Å². The first kappa shape index (κ1) is 16.7. The Kier molecular flexibility index (Phi) is 5.33. The average Bonchev–Trinajstić information content (AvgIpc) is 3.03. The largest absolute Gasteiger partial charge is 0.455 e. The van der Waals surface area contributed by atoms with Crippen LogP contribution < -0.4 is 0 Å². The second kappa shape index (κ2) is 7.64. The van der Waals surface area contributed by atoms with Gasteiger partial charge in [-0.2, -0.15) is 0 Å². The molecule has 24 heavy (non-hydrogen) atoms. The zero-order valence-corrected chi connectivity index (χ0v) is 14.3. The number of hydrogen-bond acceptors (Lipinski definition) is 4. The molecule has 1 fully saturated rings. The van der Waals surface area contributed by atoms with E-state index in [1.165, 1.54) is 5.56 Å². The van der Waals surface area contributed by atoms with Crippen LogP contribution in [0, 0.1) is 0 Å². The molecule has 1 aromatic carbocycles. The Hall–Kier alpha value is -2.11. The molecule has 1 aliphatic rings. The maximum atomic E-state index is 12.7. The quantitative estimate of drug-likeness (QED) is 0.846. The van der Waals surface area contributed by atoms with Crippen LogP contribution in [0.2, 0.25) is 0 Å². The standard InChI is InChI=1S/C19H24N2O3/c1-20(2)13-16-8-9-18(24-16)19(22)21-10-11-23-17(14-21)12-15-6-4-3-5-7-15/h3-9,17H,10-14H2,1-2H3. The highest BCUT2D eigenvalue weighted by Gasteiger charge is 2.27. The van der Waals surface area contributed by atoms with Gasteiger partial charge >= 0.3 is 0 Å². The van der Waals surface area contributed by atoms with E-state index < -0.39 is 0 Å². The number of morpholine rings is 1. The molecule has 1 amide bonds. The van der Waals surface area contributed by atoms with Crippen LogP contribution in [0.4, 0.5) is 0 Å². The van der Waals surface area contributed by atoms with E-state index in [1.807, 2.05) is 48.2 Å². The second-order valence-electron chi connectivity index (χ2n) is 6.44. The molecule has 2 heterocycles. The Morgan fingerprint density at radius 1 is 1.21 bits per heavy atom. The number of carbonyl (C=O) groups excluding carboxylic acids is 1. The first-order valence-electron chi connectivity index (χ1n) is 8.30. The molecule has 0 aliphatic carbocycles. The summed E-state index contributed by atoms with van der Waals surface area (Å²) in [5, 5.41) is 0. The first-order chi connectivity index (χ1) is 11.6. The highest BCUT2D eigenvalue weighted by Crippen LogP contribution is 2.16. The molecule has 0 N–H and O–H groups in total. The summed E-state index contributed by atoms with van der Waals surface area (Å²) in [6.45, 7) is 2.45. The van der Waals surface area contributed by atoms with Crippen molar-refractivity contribution in [2.24, 2.45) is 0 Å². The van der Waals surface area contributed by atoms with Crippen molar-refractivity contribution < 1.29 is 13.9 Å². The van der Waals surface area contributed by atoms with Gasteiger partial charge in [-0.25, -0.2) is 0 Å². The summed E-state index contributed by atoms with van der Waals surface area (Å²) in [4.78, 5) is 16.5. The summed E-state index contributed by atoms with van der Waals surface area (Å²) < 4.78 is 11.5. The monoisotopic (exact) mass is 328 g/mol. The summed E-state index contributed by atoms with van der Waals surface area (Å²) >= 11 is 0. The molecule has 0 spiro atoms. The molecule has 0 saturated carbocycles. The van der Waals surface area contributed by atoms with Crippen LogP contribution in [0.15, 0.2) is 46.9 Å².